The van der Waals surface area contributed by atoms with Crippen LogP contribution < -0.4 is 28.5 Å². The number of nitro groups is 1. The molecule has 0 N–H and O–H groups in total. The molecule has 2 heterocycles. The number of non-ortho nitro benzene ring substituents is 1. The molecule has 0 saturated carbocycles. The first-order valence-corrected chi connectivity index (χ1v) is 6.06. The van der Waals surface area contributed by atoms with Gasteiger partial charge in [-0.3, -0.25) is 10.1 Å². The standard InChI is InChI=1S/C14H12N3O3.HI/c1-9-6-11(17(18)19)7-12-13(9)20-14(15-12)10-4-3-5-16(2)8-10;/h3-8H,1-2H3;1H/q+1;/p-1. The van der Waals surface area contributed by atoms with Gasteiger partial charge in [-0.15, -0.1) is 0 Å². The number of halogens is 1. The van der Waals surface area contributed by atoms with Crippen molar-refractivity contribution in [1.29, 1.82) is 0 Å². The van der Waals surface area contributed by atoms with Gasteiger partial charge in [-0.1, -0.05) is 0 Å². The first-order chi connectivity index (χ1) is 9.54. The Balaban J connectivity index is 0.00000161. The van der Waals surface area contributed by atoms with Crippen molar-refractivity contribution in [3.05, 3.63) is 52.3 Å². The Morgan fingerprint density at radius 3 is 2.81 bits per heavy atom. The highest BCUT2D eigenvalue weighted by molar-refractivity contribution is 5.81. The van der Waals surface area contributed by atoms with E-state index in [4.69, 9.17) is 4.42 Å². The number of oxazole rings is 1. The van der Waals surface area contributed by atoms with Gasteiger partial charge in [0, 0.05) is 23.8 Å². The summed E-state index contributed by atoms with van der Waals surface area (Å²) in [6.45, 7) is 1.77. The fraction of sp³-hybridized carbons (Fsp3) is 0.143. The number of benzene rings is 1. The van der Waals surface area contributed by atoms with Crippen molar-refractivity contribution in [2.45, 2.75) is 6.92 Å². The summed E-state index contributed by atoms with van der Waals surface area (Å²) in [5, 5.41) is 10.9. The van der Waals surface area contributed by atoms with Crippen molar-refractivity contribution >= 4 is 16.8 Å². The van der Waals surface area contributed by atoms with Gasteiger partial charge in [-0.2, -0.15) is 0 Å². The average molecular weight is 397 g/mol. The number of nitro benzene ring substituents is 1. The predicted molar refractivity (Wildman–Crippen MR) is 72.0 cm³/mol. The zero-order valence-electron chi connectivity index (χ0n) is 11.4. The Hall–Kier alpha value is -2.03. The Morgan fingerprint density at radius 1 is 1.38 bits per heavy atom. The maximum absolute atomic E-state index is 10.9. The number of fused-ring (bicyclic) bond motifs is 1. The molecule has 1 aromatic carbocycles. The van der Waals surface area contributed by atoms with Crippen LogP contribution in [-0.2, 0) is 7.05 Å². The number of rotatable bonds is 2. The number of nitrogens with zero attached hydrogens (tertiary/aromatic N) is 3. The Bertz CT molecular complexity index is 829. The molecule has 0 bridgehead atoms. The molecule has 21 heavy (non-hydrogen) atoms. The molecular formula is C14H12IN3O3. The van der Waals surface area contributed by atoms with Crippen LogP contribution in [-0.4, -0.2) is 9.91 Å². The lowest BCUT2D eigenvalue weighted by molar-refractivity contribution is -0.671. The number of pyridine rings is 1. The van der Waals surface area contributed by atoms with Crippen LogP contribution in [0.4, 0.5) is 5.69 Å². The molecule has 0 radical (unpaired) electrons. The van der Waals surface area contributed by atoms with Gasteiger partial charge >= 0.3 is 0 Å². The van der Waals surface area contributed by atoms with E-state index in [0.29, 0.717) is 22.6 Å². The summed E-state index contributed by atoms with van der Waals surface area (Å²) in [5.41, 5.74) is 2.63. The van der Waals surface area contributed by atoms with E-state index in [2.05, 4.69) is 4.98 Å². The van der Waals surface area contributed by atoms with Crippen LogP contribution in [0.25, 0.3) is 22.6 Å². The minimum absolute atomic E-state index is 0. The molecule has 3 aromatic rings. The monoisotopic (exact) mass is 397 g/mol. The second-order valence-electron chi connectivity index (χ2n) is 4.65. The summed E-state index contributed by atoms with van der Waals surface area (Å²) in [7, 11) is 1.91. The third-order valence-electron chi connectivity index (χ3n) is 3.06. The van der Waals surface area contributed by atoms with Gasteiger partial charge in [0.1, 0.15) is 18.1 Å². The molecule has 0 amide bonds. The SMILES string of the molecule is Cc1cc([N+](=O)[O-])cc2nc(-c3ccc[n+](C)c3)oc12.[I-]. The summed E-state index contributed by atoms with van der Waals surface area (Å²) in [5.74, 6) is 0.458. The zero-order valence-corrected chi connectivity index (χ0v) is 13.6. The molecule has 7 heteroatoms. The second kappa shape index (κ2) is 5.76. The van der Waals surface area contributed by atoms with E-state index in [1.54, 1.807) is 6.92 Å². The maximum Gasteiger partial charge on any atom is 0.272 e. The van der Waals surface area contributed by atoms with E-state index in [-0.39, 0.29) is 29.7 Å². The molecule has 0 saturated heterocycles. The Kier molecular flexibility index (Phi) is 4.21. The van der Waals surface area contributed by atoms with Crippen LogP contribution in [0.2, 0.25) is 0 Å². The van der Waals surface area contributed by atoms with Crippen molar-refractivity contribution in [2.24, 2.45) is 7.05 Å². The van der Waals surface area contributed by atoms with Crippen LogP contribution in [0.5, 0.6) is 0 Å². The van der Waals surface area contributed by atoms with Crippen molar-refractivity contribution in [3.8, 4) is 11.5 Å². The third-order valence-corrected chi connectivity index (χ3v) is 3.06. The first kappa shape index (κ1) is 15.4. The van der Waals surface area contributed by atoms with Crippen LogP contribution in [0.1, 0.15) is 5.56 Å². The lowest BCUT2D eigenvalue weighted by Crippen LogP contribution is -3.00. The molecule has 2 aromatic heterocycles. The summed E-state index contributed by atoms with van der Waals surface area (Å²) in [6, 6.07) is 6.69. The van der Waals surface area contributed by atoms with E-state index >= 15 is 0 Å². The molecular weight excluding hydrogens is 385 g/mol. The van der Waals surface area contributed by atoms with E-state index in [1.165, 1.54) is 12.1 Å². The van der Waals surface area contributed by atoms with E-state index in [1.807, 2.05) is 36.1 Å². The molecule has 0 aliphatic carbocycles. The minimum Gasteiger partial charge on any atom is -1.00 e. The maximum atomic E-state index is 10.9. The lowest BCUT2D eigenvalue weighted by atomic mass is 10.2. The van der Waals surface area contributed by atoms with E-state index in [0.717, 1.165) is 5.56 Å². The average Bonchev–Trinajstić information content (AvgIpc) is 2.83. The fourth-order valence-corrected chi connectivity index (χ4v) is 2.12. The van der Waals surface area contributed by atoms with Gasteiger partial charge in [0.25, 0.3) is 5.69 Å². The van der Waals surface area contributed by atoms with E-state index in [9.17, 15) is 10.1 Å². The van der Waals surface area contributed by atoms with Crippen molar-refractivity contribution < 1.29 is 37.9 Å². The zero-order chi connectivity index (χ0) is 14.3. The summed E-state index contributed by atoms with van der Waals surface area (Å²) in [6.07, 6.45) is 3.79. The van der Waals surface area contributed by atoms with Gasteiger partial charge < -0.3 is 28.4 Å². The van der Waals surface area contributed by atoms with Gasteiger partial charge in [0.05, 0.1) is 4.92 Å². The molecule has 0 aliphatic heterocycles. The van der Waals surface area contributed by atoms with Crippen LogP contribution >= 0.6 is 0 Å². The molecule has 108 valence electrons. The quantitative estimate of drug-likeness (QED) is 0.254. The molecule has 0 aliphatic rings. The Morgan fingerprint density at radius 2 is 2.14 bits per heavy atom. The third kappa shape index (κ3) is 2.87. The van der Waals surface area contributed by atoms with Crippen molar-refractivity contribution in [2.75, 3.05) is 0 Å². The van der Waals surface area contributed by atoms with Gasteiger partial charge in [-0.25, -0.2) is 9.55 Å². The van der Waals surface area contributed by atoms with Gasteiger partial charge in [0.15, 0.2) is 18.0 Å². The highest BCUT2D eigenvalue weighted by Gasteiger charge is 2.16. The minimum atomic E-state index is -0.427. The van der Waals surface area contributed by atoms with E-state index < -0.39 is 4.92 Å². The molecule has 0 fully saturated rings. The predicted octanol–water partition coefficient (Wildman–Crippen LogP) is -0.460. The van der Waals surface area contributed by atoms with Crippen LogP contribution in [0.15, 0.2) is 41.1 Å². The number of hydrogen-bond donors (Lipinski definition) is 0. The highest BCUT2D eigenvalue weighted by atomic mass is 127. The highest BCUT2D eigenvalue weighted by Crippen LogP contribution is 2.29. The molecule has 6 nitrogen and oxygen atoms in total. The molecule has 3 rings (SSSR count). The number of aromatic nitrogens is 2. The lowest BCUT2D eigenvalue weighted by Gasteiger charge is -1.94. The van der Waals surface area contributed by atoms with Crippen LogP contribution in [0, 0.1) is 17.0 Å². The van der Waals surface area contributed by atoms with Crippen molar-refractivity contribution in [1.82, 2.24) is 4.98 Å². The fourth-order valence-electron chi connectivity index (χ4n) is 2.12. The normalized spacial score (nSPS) is 10.4. The molecule has 0 unspecified atom stereocenters. The van der Waals surface area contributed by atoms with Crippen LogP contribution in [0.3, 0.4) is 0 Å². The smallest absolute Gasteiger partial charge is 0.272 e. The van der Waals surface area contributed by atoms with Gasteiger partial charge in [-0.05, 0) is 13.0 Å². The second-order valence-corrected chi connectivity index (χ2v) is 4.65. The topological polar surface area (TPSA) is 73.1 Å². The Labute approximate surface area is 137 Å². The number of aryl methyl sites for hydroxylation is 2. The largest absolute Gasteiger partial charge is 1.00 e. The first-order valence-electron chi connectivity index (χ1n) is 6.06. The number of hydrogen-bond acceptors (Lipinski definition) is 4. The summed E-state index contributed by atoms with van der Waals surface area (Å²) < 4.78 is 7.62. The van der Waals surface area contributed by atoms with Crippen molar-refractivity contribution in [3.63, 3.8) is 0 Å². The summed E-state index contributed by atoms with van der Waals surface area (Å²) >= 11 is 0. The molecule has 0 spiro atoms. The summed E-state index contributed by atoms with van der Waals surface area (Å²) in [4.78, 5) is 14.8. The van der Waals surface area contributed by atoms with Gasteiger partial charge in [0.2, 0.25) is 5.89 Å². The molecule has 0 atom stereocenters.